The molecule has 1 rings (SSSR count). The first kappa shape index (κ1) is 7.94. The molecule has 4 nitrogen and oxygen atoms in total. The van der Waals surface area contributed by atoms with Crippen LogP contribution < -0.4 is 5.32 Å². The summed E-state index contributed by atoms with van der Waals surface area (Å²) in [6, 6.07) is 0. The van der Waals surface area contributed by atoms with Crippen molar-refractivity contribution in [1.82, 2.24) is 9.97 Å². The van der Waals surface area contributed by atoms with E-state index in [9.17, 15) is 0 Å². The summed E-state index contributed by atoms with van der Waals surface area (Å²) < 4.78 is 0. The number of anilines is 1. The molecule has 1 aromatic rings. The van der Waals surface area contributed by atoms with Crippen molar-refractivity contribution in [3.05, 3.63) is 18.0 Å². The van der Waals surface area contributed by atoms with E-state index >= 15 is 0 Å². The van der Waals surface area contributed by atoms with Crippen molar-refractivity contribution in [2.24, 2.45) is 0 Å². The molecule has 0 amide bonds. The fraction of sp³-hybridized carbons (Fsp3) is 0.429. The molecule has 4 heteroatoms. The van der Waals surface area contributed by atoms with Crippen LogP contribution in [0.1, 0.15) is 12.5 Å². The summed E-state index contributed by atoms with van der Waals surface area (Å²) in [4.78, 5) is 7.87. The van der Waals surface area contributed by atoms with Gasteiger partial charge in [-0.15, -0.1) is 0 Å². The van der Waals surface area contributed by atoms with Crippen LogP contribution in [0.15, 0.2) is 12.4 Å². The third-order valence-corrected chi connectivity index (χ3v) is 1.12. The first-order valence-electron chi connectivity index (χ1n) is 3.42. The van der Waals surface area contributed by atoms with Crippen molar-refractivity contribution >= 4 is 5.95 Å². The molecule has 0 bridgehead atoms. The summed E-state index contributed by atoms with van der Waals surface area (Å²) in [7, 11) is 0. The van der Waals surface area contributed by atoms with Gasteiger partial charge in [-0.2, -0.15) is 0 Å². The van der Waals surface area contributed by atoms with Crippen molar-refractivity contribution in [3.63, 3.8) is 0 Å². The number of hydrogen-bond donors (Lipinski definition) is 2. The number of aliphatic hydroxyl groups excluding tert-OH is 1. The Morgan fingerprint density at radius 1 is 1.45 bits per heavy atom. The van der Waals surface area contributed by atoms with Gasteiger partial charge in [0, 0.05) is 12.4 Å². The number of nitrogens with one attached hydrogen (secondary N) is 1. The van der Waals surface area contributed by atoms with Gasteiger partial charge in [0.1, 0.15) is 6.23 Å². The Bertz CT molecular complexity index is 220. The topological polar surface area (TPSA) is 58.0 Å². The first-order chi connectivity index (χ1) is 5.18. The molecule has 0 saturated carbocycles. The molecule has 60 valence electrons. The van der Waals surface area contributed by atoms with Crippen LogP contribution in [0, 0.1) is 6.92 Å². The van der Waals surface area contributed by atoms with Crippen molar-refractivity contribution in [2.45, 2.75) is 20.1 Å². The van der Waals surface area contributed by atoms with E-state index in [0.29, 0.717) is 5.95 Å². The van der Waals surface area contributed by atoms with E-state index in [2.05, 4.69) is 15.3 Å². The fourth-order valence-electron chi connectivity index (χ4n) is 0.654. The van der Waals surface area contributed by atoms with Crippen molar-refractivity contribution in [1.29, 1.82) is 0 Å². The highest BCUT2D eigenvalue weighted by molar-refractivity contribution is 5.24. The summed E-state index contributed by atoms with van der Waals surface area (Å²) in [5.74, 6) is 0.450. The second-order valence-electron chi connectivity index (χ2n) is 2.40. The van der Waals surface area contributed by atoms with E-state index in [1.807, 2.05) is 6.92 Å². The molecule has 1 aromatic heterocycles. The summed E-state index contributed by atoms with van der Waals surface area (Å²) in [5.41, 5.74) is 1.00. The fourth-order valence-corrected chi connectivity index (χ4v) is 0.654. The van der Waals surface area contributed by atoms with Gasteiger partial charge in [0.25, 0.3) is 0 Å². The number of rotatable bonds is 2. The Morgan fingerprint density at radius 2 is 2.00 bits per heavy atom. The van der Waals surface area contributed by atoms with Gasteiger partial charge in [-0.3, -0.25) is 0 Å². The lowest BCUT2D eigenvalue weighted by atomic mass is 10.4. The normalized spacial score (nSPS) is 12.6. The molecule has 2 N–H and O–H groups in total. The van der Waals surface area contributed by atoms with Crippen LogP contribution in [-0.2, 0) is 0 Å². The standard InChI is InChI=1S/C7H11N3O/c1-5-3-8-7(9-4-5)10-6(2)11/h3-4,6,11H,1-2H3,(H,8,9,10). The van der Waals surface area contributed by atoms with Gasteiger partial charge in [0.15, 0.2) is 0 Å². The Morgan fingerprint density at radius 3 is 2.45 bits per heavy atom. The second-order valence-corrected chi connectivity index (χ2v) is 2.40. The van der Waals surface area contributed by atoms with E-state index < -0.39 is 6.23 Å². The van der Waals surface area contributed by atoms with Crippen LogP contribution in [0.3, 0.4) is 0 Å². The van der Waals surface area contributed by atoms with Crippen LogP contribution in [0.2, 0.25) is 0 Å². The minimum absolute atomic E-state index is 0.450. The highest BCUT2D eigenvalue weighted by Crippen LogP contribution is 1.98. The summed E-state index contributed by atoms with van der Waals surface area (Å²) in [5, 5.41) is 11.5. The predicted molar refractivity (Wildman–Crippen MR) is 42.1 cm³/mol. The van der Waals surface area contributed by atoms with E-state index in [-0.39, 0.29) is 0 Å². The molecule has 0 spiro atoms. The van der Waals surface area contributed by atoms with Gasteiger partial charge in [-0.05, 0) is 19.4 Å². The Hall–Kier alpha value is -1.16. The van der Waals surface area contributed by atoms with Gasteiger partial charge >= 0.3 is 0 Å². The van der Waals surface area contributed by atoms with Crippen LogP contribution in [0.4, 0.5) is 5.95 Å². The zero-order valence-electron chi connectivity index (χ0n) is 6.57. The third kappa shape index (κ3) is 2.51. The van der Waals surface area contributed by atoms with Gasteiger partial charge in [-0.25, -0.2) is 9.97 Å². The molecule has 0 radical (unpaired) electrons. The minimum Gasteiger partial charge on any atom is -0.374 e. The van der Waals surface area contributed by atoms with E-state index in [4.69, 9.17) is 5.11 Å². The smallest absolute Gasteiger partial charge is 0.224 e. The van der Waals surface area contributed by atoms with E-state index in [1.165, 1.54) is 0 Å². The highest BCUT2D eigenvalue weighted by atomic mass is 16.3. The quantitative estimate of drug-likeness (QED) is 0.609. The number of aliphatic hydroxyl groups is 1. The lowest BCUT2D eigenvalue weighted by Crippen LogP contribution is -2.15. The molecule has 0 aliphatic heterocycles. The average Bonchev–Trinajstić information content (AvgIpc) is 1.93. The first-order valence-corrected chi connectivity index (χ1v) is 3.42. The maximum Gasteiger partial charge on any atom is 0.224 e. The summed E-state index contributed by atoms with van der Waals surface area (Å²) >= 11 is 0. The molecule has 1 heterocycles. The minimum atomic E-state index is -0.613. The van der Waals surface area contributed by atoms with Crippen LogP contribution in [0.25, 0.3) is 0 Å². The SMILES string of the molecule is Cc1cnc(NC(C)O)nc1. The Kier molecular flexibility index (Phi) is 2.38. The third-order valence-electron chi connectivity index (χ3n) is 1.12. The summed E-state index contributed by atoms with van der Waals surface area (Å²) in [6.07, 6.45) is 2.77. The lowest BCUT2D eigenvalue weighted by Gasteiger charge is -2.05. The van der Waals surface area contributed by atoms with Crippen LogP contribution in [-0.4, -0.2) is 21.3 Å². The van der Waals surface area contributed by atoms with E-state index in [1.54, 1.807) is 19.3 Å². The molecule has 1 atom stereocenters. The van der Waals surface area contributed by atoms with Gasteiger partial charge < -0.3 is 10.4 Å². The average molecular weight is 153 g/mol. The molecule has 11 heavy (non-hydrogen) atoms. The molecule has 0 fully saturated rings. The predicted octanol–water partition coefficient (Wildman–Crippen LogP) is 0.535. The second kappa shape index (κ2) is 3.30. The van der Waals surface area contributed by atoms with Crippen molar-refractivity contribution in [3.8, 4) is 0 Å². The molecular formula is C7H11N3O. The van der Waals surface area contributed by atoms with Gasteiger partial charge in [0.2, 0.25) is 5.95 Å². The van der Waals surface area contributed by atoms with Crippen LogP contribution in [0.5, 0.6) is 0 Å². The monoisotopic (exact) mass is 153 g/mol. The lowest BCUT2D eigenvalue weighted by molar-refractivity contribution is 0.223. The Balaban J connectivity index is 2.66. The van der Waals surface area contributed by atoms with Crippen LogP contribution >= 0.6 is 0 Å². The van der Waals surface area contributed by atoms with Crippen molar-refractivity contribution in [2.75, 3.05) is 5.32 Å². The largest absolute Gasteiger partial charge is 0.374 e. The number of hydrogen-bond acceptors (Lipinski definition) is 4. The van der Waals surface area contributed by atoms with Gasteiger partial charge in [-0.1, -0.05) is 0 Å². The number of aromatic nitrogens is 2. The summed E-state index contributed by atoms with van der Waals surface area (Å²) in [6.45, 7) is 3.52. The molecule has 0 saturated heterocycles. The number of aryl methyl sites for hydroxylation is 1. The molecule has 0 aliphatic rings. The van der Waals surface area contributed by atoms with E-state index in [0.717, 1.165) is 5.56 Å². The van der Waals surface area contributed by atoms with Gasteiger partial charge in [0.05, 0.1) is 0 Å². The Labute approximate surface area is 65.3 Å². The zero-order valence-corrected chi connectivity index (χ0v) is 6.57. The maximum absolute atomic E-state index is 8.88. The molecule has 1 unspecified atom stereocenters. The zero-order chi connectivity index (χ0) is 8.27. The highest BCUT2D eigenvalue weighted by Gasteiger charge is 1.96. The molecule has 0 aromatic carbocycles. The molecular weight excluding hydrogens is 142 g/mol. The maximum atomic E-state index is 8.88. The van der Waals surface area contributed by atoms with Crippen molar-refractivity contribution < 1.29 is 5.11 Å². The number of nitrogens with zero attached hydrogens (tertiary/aromatic N) is 2. The molecule has 0 aliphatic carbocycles.